The maximum atomic E-state index is 12.5. The monoisotopic (exact) mass is 381 g/mol. The van der Waals surface area contributed by atoms with Crippen LogP contribution in [-0.2, 0) is 13.0 Å². The maximum Gasteiger partial charge on any atom is 0.192 e. The molecule has 0 spiro atoms. The third kappa shape index (κ3) is 4.39. The van der Waals surface area contributed by atoms with E-state index in [2.05, 4.69) is 23.7 Å². The molecule has 6 heteroatoms. The zero-order valence-corrected chi connectivity index (χ0v) is 16.5. The van der Waals surface area contributed by atoms with E-state index in [1.165, 1.54) is 17.3 Å². The van der Waals surface area contributed by atoms with Crippen molar-refractivity contribution in [2.24, 2.45) is 0 Å². The molecule has 0 radical (unpaired) electrons. The highest BCUT2D eigenvalue weighted by Gasteiger charge is 2.18. The van der Waals surface area contributed by atoms with Crippen molar-refractivity contribution in [2.45, 2.75) is 38.4 Å². The molecular formula is C21H23N3O2S. The lowest BCUT2D eigenvalue weighted by Crippen LogP contribution is -2.05. The van der Waals surface area contributed by atoms with Gasteiger partial charge in [-0.25, -0.2) is 0 Å². The highest BCUT2D eigenvalue weighted by atomic mass is 32.2. The summed E-state index contributed by atoms with van der Waals surface area (Å²) < 4.78 is 7.33. The summed E-state index contributed by atoms with van der Waals surface area (Å²) in [6, 6.07) is 9.74. The number of benzene rings is 1. The summed E-state index contributed by atoms with van der Waals surface area (Å²) in [5.41, 5.74) is 2.88. The summed E-state index contributed by atoms with van der Waals surface area (Å²) in [4.78, 5) is 12.5. The zero-order chi connectivity index (χ0) is 19.2. The van der Waals surface area contributed by atoms with Crippen molar-refractivity contribution in [3.8, 4) is 11.4 Å². The second-order valence-electron chi connectivity index (χ2n) is 6.25. The average molecular weight is 382 g/mol. The lowest BCUT2D eigenvalue weighted by Gasteiger charge is -2.07. The second-order valence-corrected chi connectivity index (χ2v) is 7.20. The van der Waals surface area contributed by atoms with Crippen LogP contribution in [0, 0.1) is 6.92 Å². The summed E-state index contributed by atoms with van der Waals surface area (Å²) in [6.07, 6.45) is 5.56. The fourth-order valence-corrected chi connectivity index (χ4v) is 3.71. The van der Waals surface area contributed by atoms with Crippen LogP contribution in [0.15, 0.2) is 58.8 Å². The molecule has 0 unspecified atom stereocenters. The Kier molecular flexibility index (Phi) is 6.29. The molecule has 3 rings (SSSR count). The van der Waals surface area contributed by atoms with Gasteiger partial charge < -0.3 is 4.42 Å². The Morgan fingerprint density at radius 2 is 2.04 bits per heavy atom. The largest absolute Gasteiger partial charge is 0.469 e. The smallest absolute Gasteiger partial charge is 0.192 e. The molecular weight excluding hydrogens is 358 g/mol. The summed E-state index contributed by atoms with van der Waals surface area (Å²) in [6.45, 7) is 8.41. The first-order valence-corrected chi connectivity index (χ1v) is 9.96. The van der Waals surface area contributed by atoms with Crippen molar-refractivity contribution in [1.29, 1.82) is 0 Å². The van der Waals surface area contributed by atoms with Gasteiger partial charge in [-0.15, -0.1) is 16.8 Å². The molecule has 0 saturated heterocycles. The number of hydrogen-bond acceptors (Lipinski definition) is 5. The number of Topliss-reactive ketones (excluding diaryl/α,β-unsaturated/α-hetero) is 1. The number of nitrogens with zero attached hydrogens (tertiary/aromatic N) is 3. The molecule has 0 saturated carbocycles. The van der Waals surface area contributed by atoms with E-state index in [1.54, 1.807) is 12.3 Å². The van der Waals surface area contributed by atoms with Crippen molar-refractivity contribution >= 4 is 17.5 Å². The van der Waals surface area contributed by atoms with E-state index in [0.717, 1.165) is 35.6 Å². The highest BCUT2D eigenvalue weighted by molar-refractivity contribution is 7.99. The molecule has 2 aromatic heterocycles. The van der Waals surface area contributed by atoms with Gasteiger partial charge in [-0.05, 0) is 25.0 Å². The van der Waals surface area contributed by atoms with E-state index < -0.39 is 0 Å². The molecule has 0 aliphatic rings. The van der Waals surface area contributed by atoms with Gasteiger partial charge in [-0.1, -0.05) is 55.4 Å². The fraction of sp³-hybridized carbons (Fsp3) is 0.286. The van der Waals surface area contributed by atoms with Gasteiger partial charge in [0.15, 0.2) is 16.8 Å². The molecule has 0 aliphatic carbocycles. The van der Waals surface area contributed by atoms with Gasteiger partial charge in [0.2, 0.25) is 0 Å². The van der Waals surface area contributed by atoms with Crippen molar-refractivity contribution in [2.75, 3.05) is 5.75 Å². The Morgan fingerprint density at radius 1 is 1.26 bits per heavy atom. The van der Waals surface area contributed by atoms with E-state index in [0.29, 0.717) is 17.5 Å². The van der Waals surface area contributed by atoms with Crippen LogP contribution in [0.25, 0.3) is 11.4 Å². The summed E-state index contributed by atoms with van der Waals surface area (Å²) in [5, 5.41) is 9.26. The van der Waals surface area contributed by atoms with E-state index in [9.17, 15) is 4.79 Å². The standard InChI is InChI=1S/C21H23N3O2S/c1-4-6-16-7-9-17(10-8-16)19(25)14-27-21-23-22-20(24(21)12-5-2)18-11-13-26-15(18)3/h5,7-11,13H,2,4,6,12,14H2,1,3H3. The van der Waals surface area contributed by atoms with E-state index in [4.69, 9.17) is 4.42 Å². The first kappa shape index (κ1) is 19.2. The van der Waals surface area contributed by atoms with Crippen molar-refractivity contribution < 1.29 is 9.21 Å². The van der Waals surface area contributed by atoms with Gasteiger partial charge in [-0.3, -0.25) is 9.36 Å². The number of thioether (sulfide) groups is 1. The Morgan fingerprint density at radius 3 is 2.67 bits per heavy atom. The third-order valence-electron chi connectivity index (χ3n) is 4.28. The van der Waals surface area contributed by atoms with Crippen LogP contribution in [0.4, 0.5) is 0 Å². The van der Waals surface area contributed by atoms with Crippen LogP contribution in [0.1, 0.15) is 35.0 Å². The number of carbonyl (C=O) groups excluding carboxylic acids is 1. The SMILES string of the molecule is C=CCn1c(SCC(=O)c2ccc(CCC)cc2)nnc1-c1ccoc1C. The first-order chi connectivity index (χ1) is 13.1. The van der Waals surface area contributed by atoms with Crippen LogP contribution in [-0.4, -0.2) is 26.3 Å². The minimum absolute atomic E-state index is 0.0808. The first-order valence-electron chi connectivity index (χ1n) is 8.97. The molecule has 0 fully saturated rings. The number of rotatable bonds is 9. The van der Waals surface area contributed by atoms with Crippen molar-refractivity contribution in [3.63, 3.8) is 0 Å². The average Bonchev–Trinajstić information content (AvgIpc) is 3.27. The molecule has 0 bridgehead atoms. The molecule has 0 atom stereocenters. The van der Waals surface area contributed by atoms with Gasteiger partial charge >= 0.3 is 0 Å². The molecule has 3 aromatic rings. The molecule has 1 aromatic carbocycles. The quantitative estimate of drug-likeness (QED) is 0.298. The molecule has 27 heavy (non-hydrogen) atoms. The van der Waals surface area contributed by atoms with Crippen molar-refractivity contribution in [1.82, 2.24) is 14.8 Å². The lowest BCUT2D eigenvalue weighted by molar-refractivity contribution is 0.102. The molecule has 0 aliphatic heterocycles. The van der Waals surface area contributed by atoms with Crippen LogP contribution >= 0.6 is 11.8 Å². The van der Waals surface area contributed by atoms with E-state index in [-0.39, 0.29) is 5.78 Å². The number of hydrogen-bond donors (Lipinski definition) is 0. The molecule has 0 N–H and O–H groups in total. The number of aromatic nitrogens is 3. The normalized spacial score (nSPS) is 10.9. The summed E-state index contributed by atoms with van der Waals surface area (Å²) in [5.74, 6) is 1.90. The summed E-state index contributed by atoms with van der Waals surface area (Å²) in [7, 11) is 0. The zero-order valence-electron chi connectivity index (χ0n) is 15.6. The third-order valence-corrected chi connectivity index (χ3v) is 5.24. The molecule has 0 amide bonds. The lowest BCUT2D eigenvalue weighted by atomic mass is 10.1. The molecule has 140 valence electrons. The Hall–Kier alpha value is -2.60. The number of carbonyl (C=O) groups is 1. The fourth-order valence-electron chi connectivity index (χ4n) is 2.86. The second kappa shape index (κ2) is 8.86. The number of aryl methyl sites for hydroxylation is 2. The maximum absolute atomic E-state index is 12.5. The topological polar surface area (TPSA) is 60.9 Å². The molecule has 2 heterocycles. The van der Waals surface area contributed by atoms with Crippen LogP contribution < -0.4 is 0 Å². The van der Waals surface area contributed by atoms with Crippen LogP contribution in [0.2, 0.25) is 0 Å². The van der Waals surface area contributed by atoms with Crippen molar-refractivity contribution in [3.05, 3.63) is 66.1 Å². The highest BCUT2D eigenvalue weighted by Crippen LogP contribution is 2.27. The molecule has 5 nitrogen and oxygen atoms in total. The summed E-state index contributed by atoms with van der Waals surface area (Å²) >= 11 is 1.39. The van der Waals surface area contributed by atoms with Gasteiger partial charge in [-0.2, -0.15) is 0 Å². The van der Waals surface area contributed by atoms with Gasteiger partial charge in [0.05, 0.1) is 17.6 Å². The van der Waals surface area contributed by atoms with E-state index >= 15 is 0 Å². The Balaban J connectivity index is 1.74. The minimum Gasteiger partial charge on any atom is -0.469 e. The Labute approximate surface area is 163 Å². The predicted octanol–water partition coefficient (Wildman–Crippen LogP) is 4.96. The van der Waals surface area contributed by atoms with Gasteiger partial charge in [0, 0.05) is 12.1 Å². The number of allylic oxidation sites excluding steroid dienone is 1. The number of ketones is 1. The minimum atomic E-state index is 0.0808. The van der Waals surface area contributed by atoms with Crippen LogP contribution in [0.5, 0.6) is 0 Å². The van der Waals surface area contributed by atoms with Gasteiger partial charge in [0.25, 0.3) is 0 Å². The Bertz CT molecular complexity index is 925. The predicted molar refractivity (Wildman–Crippen MR) is 108 cm³/mol. The number of furan rings is 1. The van der Waals surface area contributed by atoms with Gasteiger partial charge in [0.1, 0.15) is 5.76 Å². The van der Waals surface area contributed by atoms with E-state index in [1.807, 2.05) is 41.8 Å². The van der Waals surface area contributed by atoms with Crippen LogP contribution in [0.3, 0.4) is 0 Å².